The van der Waals surface area contributed by atoms with E-state index in [1.54, 1.807) is 30.5 Å². The highest BCUT2D eigenvalue weighted by Crippen LogP contribution is 2.23. The molecule has 0 aromatic heterocycles. The molecule has 0 aliphatic carbocycles. The number of hydrogen-bond acceptors (Lipinski definition) is 4. The van der Waals surface area contributed by atoms with Gasteiger partial charge in [-0.1, -0.05) is 11.6 Å². The average molecular weight is 287 g/mol. The molecule has 3 N–H and O–H groups in total. The minimum Gasteiger partial charge on any atom is -0.307 e. The maximum absolute atomic E-state index is 12.0. The number of thioether (sulfide) groups is 1. The molecule has 1 aromatic carbocycles. The van der Waals surface area contributed by atoms with Gasteiger partial charge in [0.2, 0.25) is 0 Å². The van der Waals surface area contributed by atoms with Gasteiger partial charge in [0.05, 0.1) is 5.69 Å². The second-order valence-corrected chi connectivity index (χ2v) is 4.89. The zero-order valence-corrected chi connectivity index (χ0v) is 11.0. The van der Waals surface area contributed by atoms with Crippen molar-refractivity contribution in [2.24, 2.45) is 5.84 Å². The zero-order valence-electron chi connectivity index (χ0n) is 9.46. The van der Waals surface area contributed by atoms with Crippen LogP contribution in [0.3, 0.4) is 0 Å². The van der Waals surface area contributed by atoms with Gasteiger partial charge in [-0.25, -0.2) is 25.3 Å². The van der Waals surface area contributed by atoms with Crippen molar-refractivity contribution in [2.75, 3.05) is 11.2 Å². The fourth-order valence-electron chi connectivity index (χ4n) is 1.53. The molecule has 8 heteroatoms. The third-order valence-electron chi connectivity index (χ3n) is 2.42. The molecule has 1 aromatic rings. The molecular formula is C10H11ClN4O2S. The highest BCUT2D eigenvalue weighted by atomic mass is 35.5. The first-order chi connectivity index (χ1) is 8.54. The lowest BCUT2D eigenvalue weighted by Crippen LogP contribution is -2.66. The first-order valence-electron chi connectivity index (χ1n) is 5.01. The van der Waals surface area contributed by atoms with Crippen molar-refractivity contribution in [3.63, 3.8) is 0 Å². The molecule has 18 heavy (non-hydrogen) atoms. The molecule has 4 amide bonds. The van der Waals surface area contributed by atoms with Crippen LogP contribution in [0.1, 0.15) is 0 Å². The molecule has 96 valence electrons. The molecule has 0 radical (unpaired) electrons. The van der Waals surface area contributed by atoms with Crippen LogP contribution in [0.2, 0.25) is 5.02 Å². The largest absolute Gasteiger partial charge is 0.349 e. The smallest absolute Gasteiger partial charge is 0.307 e. The van der Waals surface area contributed by atoms with Crippen molar-refractivity contribution in [3.8, 4) is 0 Å². The number of urea groups is 2. The summed E-state index contributed by atoms with van der Waals surface area (Å²) in [6, 6.07) is 5.25. The molecule has 1 atom stereocenters. The van der Waals surface area contributed by atoms with E-state index in [2.05, 4.69) is 5.32 Å². The number of nitrogens with two attached hydrogens (primary N) is 1. The maximum atomic E-state index is 12.0. The van der Waals surface area contributed by atoms with Crippen LogP contribution in [-0.4, -0.2) is 28.8 Å². The van der Waals surface area contributed by atoms with E-state index in [0.717, 1.165) is 9.91 Å². The predicted molar refractivity (Wildman–Crippen MR) is 71.2 cm³/mol. The van der Waals surface area contributed by atoms with Crippen LogP contribution in [0.5, 0.6) is 0 Å². The minimum atomic E-state index is -0.583. The van der Waals surface area contributed by atoms with E-state index >= 15 is 0 Å². The normalized spacial score (nSPS) is 20.1. The first kappa shape index (κ1) is 13.0. The van der Waals surface area contributed by atoms with Gasteiger partial charge in [0.15, 0.2) is 5.50 Å². The Balaban J connectivity index is 2.30. The van der Waals surface area contributed by atoms with Crippen LogP contribution in [0.15, 0.2) is 24.3 Å². The number of amides is 4. The lowest BCUT2D eigenvalue weighted by Gasteiger charge is -2.37. The van der Waals surface area contributed by atoms with Gasteiger partial charge in [0.1, 0.15) is 0 Å². The van der Waals surface area contributed by atoms with E-state index in [4.69, 9.17) is 17.4 Å². The number of nitrogens with one attached hydrogen (secondary N) is 1. The molecule has 1 fully saturated rings. The van der Waals surface area contributed by atoms with Gasteiger partial charge in [-0.05, 0) is 30.5 Å². The highest BCUT2D eigenvalue weighted by Gasteiger charge is 2.37. The first-order valence-corrected chi connectivity index (χ1v) is 6.68. The standard InChI is InChI=1S/C10H11ClN4O2S/c1-18-9-13-8(16)14(10(17)15(9)12)7-4-2-6(11)3-5-7/h2-5,9H,12H2,1H3,(H,13,16). The van der Waals surface area contributed by atoms with E-state index < -0.39 is 17.6 Å². The van der Waals surface area contributed by atoms with Crippen LogP contribution in [0.25, 0.3) is 0 Å². The number of imide groups is 1. The topological polar surface area (TPSA) is 78.7 Å². The number of hydrazine groups is 1. The summed E-state index contributed by atoms with van der Waals surface area (Å²) in [6.45, 7) is 0. The van der Waals surface area contributed by atoms with Crippen molar-refractivity contribution in [1.29, 1.82) is 0 Å². The van der Waals surface area contributed by atoms with Gasteiger partial charge in [-0.2, -0.15) is 0 Å². The summed E-state index contributed by atoms with van der Waals surface area (Å²) in [5.74, 6) is 5.63. The number of carbonyl (C=O) groups is 2. The van der Waals surface area contributed by atoms with Crippen LogP contribution < -0.4 is 16.1 Å². The maximum Gasteiger partial charge on any atom is 0.349 e. The molecule has 1 unspecified atom stereocenters. The number of halogens is 1. The molecule has 0 saturated carbocycles. The van der Waals surface area contributed by atoms with Gasteiger partial charge < -0.3 is 5.32 Å². The summed E-state index contributed by atoms with van der Waals surface area (Å²) in [5, 5.41) is 4.10. The number of benzene rings is 1. The van der Waals surface area contributed by atoms with Crippen molar-refractivity contribution in [2.45, 2.75) is 5.50 Å². The molecule has 0 bridgehead atoms. The van der Waals surface area contributed by atoms with Crippen LogP contribution in [0.4, 0.5) is 15.3 Å². The Morgan fingerprint density at radius 2 is 1.94 bits per heavy atom. The minimum absolute atomic E-state index is 0.414. The van der Waals surface area contributed by atoms with Crippen LogP contribution in [-0.2, 0) is 0 Å². The second kappa shape index (κ2) is 5.05. The predicted octanol–water partition coefficient (Wildman–Crippen LogP) is 1.81. The molecule has 6 nitrogen and oxygen atoms in total. The van der Waals surface area contributed by atoms with Crippen LogP contribution in [0, 0.1) is 0 Å². The van der Waals surface area contributed by atoms with E-state index in [-0.39, 0.29) is 0 Å². The van der Waals surface area contributed by atoms with Crippen molar-refractivity contribution < 1.29 is 9.59 Å². The summed E-state index contributed by atoms with van der Waals surface area (Å²) < 4.78 is 0. The van der Waals surface area contributed by atoms with E-state index in [9.17, 15) is 9.59 Å². The van der Waals surface area contributed by atoms with Crippen molar-refractivity contribution >= 4 is 41.1 Å². The van der Waals surface area contributed by atoms with Gasteiger partial charge in [0, 0.05) is 5.02 Å². The number of hydrogen-bond donors (Lipinski definition) is 2. The Hall–Kier alpha value is -1.44. The fourth-order valence-corrected chi connectivity index (χ4v) is 2.19. The van der Waals surface area contributed by atoms with Crippen molar-refractivity contribution in [3.05, 3.63) is 29.3 Å². The third-order valence-corrected chi connectivity index (χ3v) is 3.47. The molecule has 0 spiro atoms. The number of carbonyl (C=O) groups excluding carboxylic acids is 2. The van der Waals surface area contributed by atoms with Crippen LogP contribution >= 0.6 is 23.4 Å². The Morgan fingerprint density at radius 3 is 2.50 bits per heavy atom. The molecule has 2 rings (SSSR count). The number of anilines is 1. The number of rotatable bonds is 2. The van der Waals surface area contributed by atoms with Crippen molar-refractivity contribution in [1.82, 2.24) is 10.3 Å². The van der Waals surface area contributed by atoms with E-state index in [1.165, 1.54) is 11.8 Å². The molecular weight excluding hydrogens is 276 g/mol. The summed E-state index contributed by atoms with van der Waals surface area (Å²) in [4.78, 5) is 24.8. The quantitative estimate of drug-likeness (QED) is 0.642. The van der Waals surface area contributed by atoms with E-state index in [1.807, 2.05) is 0 Å². The SMILES string of the molecule is CSC1NC(=O)N(c2ccc(Cl)cc2)C(=O)N1N. The molecule has 1 aliphatic rings. The Labute approximate surface area is 113 Å². The molecule has 1 aliphatic heterocycles. The molecule has 1 saturated heterocycles. The van der Waals surface area contributed by atoms with Gasteiger partial charge in [-0.15, -0.1) is 11.8 Å². The molecule has 1 heterocycles. The van der Waals surface area contributed by atoms with E-state index in [0.29, 0.717) is 10.7 Å². The monoisotopic (exact) mass is 286 g/mol. The highest BCUT2D eigenvalue weighted by molar-refractivity contribution is 7.99. The zero-order chi connectivity index (χ0) is 13.3. The fraction of sp³-hybridized carbons (Fsp3) is 0.200. The van der Waals surface area contributed by atoms with Gasteiger partial charge in [0.25, 0.3) is 0 Å². The Bertz CT molecular complexity index is 481. The summed E-state index contributed by atoms with van der Waals surface area (Å²) in [7, 11) is 0. The third kappa shape index (κ3) is 2.24. The lowest BCUT2D eigenvalue weighted by atomic mass is 10.3. The summed E-state index contributed by atoms with van der Waals surface area (Å²) in [5.41, 5.74) is -0.148. The van der Waals surface area contributed by atoms with Gasteiger partial charge in [-0.3, -0.25) is 0 Å². The average Bonchev–Trinajstić information content (AvgIpc) is 2.36. The second-order valence-electron chi connectivity index (χ2n) is 3.54. The lowest BCUT2D eigenvalue weighted by molar-refractivity contribution is 0.179. The Kier molecular flexibility index (Phi) is 3.65. The van der Waals surface area contributed by atoms with Gasteiger partial charge >= 0.3 is 12.1 Å². The summed E-state index contributed by atoms with van der Waals surface area (Å²) >= 11 is 7.02. The summed E-state index contributed by atoms with van der Waals surface area (Å²) in [6.07, 6.45) is 1.75. The Morgan fingerprint density at radius 1 is 1.33 bits per heavy atom. The number of nitrogens with zero attached hydrogens (tertiary/aromatic N) is 2.